The van der Waals surface area contributed by atoms with Crippen molar-refractivity contribution < 1.29 is 23.8 Å². The molecular formula is C30H26FN3O4S2. The lowest BCUT2D eigenvalue weighted by atomic mass is 9.95. The van der Waals surface area contributed by atoms with Gasteiger partial charge in [-0.15, -0.1) is 10.2 Å². The molecular weight excluding hydrogens is 549 g/mol. The number of Topliss-reactive ketones (excluding diaryl/α,β-unsaturated/α-hetero) is 1. The summed E-state index contributed by atoms with van der Waals surface area (Å²) in [6, 6.07) is 21.1. The van der Waals surface area contributed by atoms with Crippen LogP contribution in [0.3, 0.4) is 0 Å². The maximum absolute atomic E-state index is 13.6. The molecule has 1 fully saturated rings. The molecule has 5 rings (SSSR count). The Balaban J connectivity index is 1.54. The molecule has 1 aromatic heterocycles. The second-order valence-corrected chi connectivity index (χ2v) is 11.3. The molecule has 4 aromatic rings. The number of unbranched alkanes of at least 4 members (excludes halogenated alkanes) is 1. The Hall–Kier alpha value is -4.02. The summed E-state index contributed by atoms with van der Waals surface area (Å²) in [6.45, 7) is 2.59. The van der Waals surface area contributed by atoms with Gasteiger partial charge in [0.25, 0.3) is 5.78 Å². The number of ether oxygens (including phenoxy) is 1. The number of carbonyl (C=O) groups is 2. The molecule has 204 valence electrons. The van der Waals surface area contributed by atoms with Crippen LogP contribution in [0.15, 0.2) is 88.8 Å². The molecule has 1 N–H and O–H groups in total. The number of aliphatic hydroxyl groups is 1. The SMILES string of the molecule is CCCCOc1cccc(C2/C(=C(\O)c3ccc(F)cc3)C(=O)C(=O)N2c2nnc(SCc3ccccc3)s2)c1. The van der Waals surface area contributed by atoms with E-state index in [1.807, 2.05) is 30.3 Å². The van der Waals surface area contributed by atoms with Gasteiger partial charge >= 0.3 is 5.91 Å². The number of halogens is 1. The molecule has 1 saturated heterocycles. The van der Waals surface area contributed by atoms with E-state index in [4.69, 9.17) is 4.74 Å². The van der Waals surface area contributed by atoms with Crippen LogP contribution >= 0.6 is 23.1 Å². The van der Waals surface area contributed by atoms with Gasteiger partial charge in [-0.2, -0.15) is 0 Å². The lowest BCUT2D eigenvalue weighted by Gasteiger charge is -2.23. The molecule has 0 bridgehead atoms. The van der Waals surface area contributed by atoms with E-state index >= 15 is 0 Å². The van der Waals surface area contributed by atoms with Crippen molar-refractivity contribution in [3.05, 3.63) is 107 Å². The summed E-state index contributed by atoms with van der Waals surface area (Å²) in [5, 5.41) is 20.0. The molecule has 1 unspecified atom stereocenters. The molecule has 7 nitrogen and oxygen atoms in total. The van der Waals surface area contributed by atoms with Gasteiger partial charge in [-0.05, 0) is 53.9 Å². The quantitative estimate of drug-likeness (QED) is 0.0557. The second kappa shape index (κ2) is 12.4. The van der Waals surface area contributed by atoms with E-state index in [1.165, 1.54) is 52.3 Å². The van der Waals surface area contributed by atoms with Gasteiger partial charge in [0, 0.05) is 11.3 Å². The van der Waals surface area contributed by atoms with Gasteiger partial charge < -0.3 is 9.84 Å². The minimum atomic E-state index is -0.986. The molecule has 10 heteroatoms. The first-order valence-corrected chi connectivity index (χ1v) is 14.6. The number of ketones is 1. The molecule has 0 spiro atoms. The van der Waals surface area contributed by atoms with Gasteiger partial charge in [0.2, 0.25) is 5.13 Å². The van der Waals surface area contributed by atoms with Crippen LogP contribution < -0.4 is 9.64 Å². The van der Waals surface area contributed by atoms with Crippen molar-refractivity contribution in [3.63, 3.8) is 0 Å². The largest absolute Gasteiger partial charge is 0.507 e. The molecule has 1 atom stereocenters. The van der Waals surface area contributed by atoms with Gasteiger partial charge in [0.15, 0.2) is 4.34 Å². The lowest BCUT2D eigenvalue weighted by Crippen LogP contribution is -2.29. The number of amides is 1. The monoisotopic (exact) mass is 575 g/mol. The Morgan fingerprint density at radius 1 is 1.05 bits per heavy atom. The second-order valence-electron chi connectivity index (χ2n) is 9.08. The Morgan fingerprint density at radius 3 is 2.58 bits per heavy atom. The number of hydrogen-bond donors (Lipinski definition) is 1. The Kier molecular flexibility index (Phi) is 8.57. The summed E-state index contributed by atoms with van der Waals surface area (Å²) in [5.41, 5.74) is 1.78. The van der Waals surface area contributed by atoms with E-state index in [9.17, 15) is 19.1 Å². The third-order valence-electron chi connectivity index (χ3n) is 6.31. The highest BCUT2D eigenvalue weighted by molar-refractivity contribution is 8.00. The Bertz CT molecular complexity index is 1540. The van der Waals surface area contributed by atoms with Crippen molar-refractivity contribution >= 4 is 45.7 Å². The van der Waals surface area contributed by atoms with Gasteiger partial charge in [0.05, 0.1) is 18.2 Å². The number of rotatable bonds is 10. The number of aromatic nitrogens is 2. The van der Waals surface area contributed by atoms with Gasteiger partial charge in [0.1, 0.15) is 17.3 Å². The van der Waals surface area contributed by atoms with Crippen LogP contribution in [0, 0.1) is 5.82 Å². The number of hydrogen-bond acceptors (Lipinski definition) is 8. The van der Waals surface area contributed by atoms with Crippen molar-refractivity contribution in [3.8, 4) is 5.75 Å². The third kappa shape index (κ3) is 5.93. The van der Waals surface area contributed by atoms with Crippen LogP contribution in [-0.2, 0) is 15.3 Å². The smallest absolute Gasteiger partial charge is 0.301 e. The summed E-state index contributed by atoms with van der Waals surface area (Å²) >= 11 is 2.67. The zero-order chi connectivity index (χ0) is 28.1. The Labute approximate surface area is 239 Å². The van der Waals surface area contributed by atoms with E-state index in [1.54, 1.807) is 24.3 Å². The number of thioether (sulfide) groups is 1. The number of carbonyl (C=O) groups excluding carboxylic acids is 2. The van der Waals surface area contributed by atoms with Crippen molar-refractivity contribution in [2.45, 2.75) is 35.9 Å². The van der Waals surface area contributed by atoms with Crippen molar-refractivity contribution in [2.24, 2.45) is 0 Å². The van der Waals surface area contributed by atoms with Crippen LogP contribution in [-0.4, -0.2) is 33.6 Å². The summed E-state index contributed by atoms with van der Waals surface area (Å²) in [4.78, 5) is 28.1. The van der Waals surface area contributed by atoms with Crippen molar-refractivity contribution in [1.29, 1.82) is 0 Å². The molecule has 3 aromatic carbocycles. The van der Waals surface area contributed by atoms with Gasteiger partial charge in [-0.3, -0.25) is 14.5 Å². The highest BCUT2D eigenvalue weighted by Gasteiger charge is 2.48. The van der Waals surface area contributed by atoms with Crippen LogP contribution in [0.2, 0.25) is 0 Å². The third-order valence-corrected chi connectivity index (χ3v) is 8.44. The summed E-state index contributed by atoms with van der Waals surface area (Å²) in [6.07, 6.45) is 1.85. The minimum Gasteiger partial charge on any atom is -0.507 e. The molecule has 1 aliphatic rings. The van der Waals surface area contributed by atoms with Crippen LogP contribution in [0.25, 0.3) is 5.76 Å². The maximum atomic E-state index is 13.6. The number of aliphatic hydroxyl groups excluding tert-OH is 1. The average molecular weight is 576 g/mol. The van der Waals surface area contributed by atoms with Crippen molar-refractivity contribution in [1.82, 2.24) is 10.2 Å². The van der Waals surface area contributed by atoms with E-state index < -0.39 is 29.3 Å². The maximum Gasteiger partial charge on any atom is 0.301 e. The number of benzene rings is 3. The first kappa shape index (κ1) is 27.5. The van der Waals surface area contributed by atoms with Gasteiger partial charge in [-0.1, -0.05) is 78.9 Å². The average Bonchev–Trinajstić information content (AvgIpc) is 3.54. The fourth-order valence-electron chi connectivity index (χ4n) is 4.29. The summed E-state index contributed by atoms with van der Waals surface area (Å²) in [7, 11) is 0. The first-order valence-electron chi connectivity index (χ1n) is 12.8. The normalized spacial score (nSPS) is 16.4. The zero-order valence-corrected chi connectivity index (χ0v) is 23.3. The number of nitrogens with zero attached hydrogens (tertiary/aromatic N) is 3. The number of anilines is 1. The predicted molar refractivity (Wildman–Crippen MR) is 154 cm³/mol. The predicted octanol–water partition coefficient (Wildman–Crippen LogP) is 6.77. The zero-order valence-electron chi connectivity index (χ0n) is 21.6. The standard InChI is InChI=1S/C30H26FN3O4S2/c1-2-3-16-38-23-11-7-10-21(17-23)25-24(26(35)20-12-14-22(31)15-13-20)27(36)28(37)34(25)29-32-33-30(40-29)39-18-19-8-5-4-6-9-19/h4-15,17,25,35H,2-3,16,18H2,1H3/b26-24+. The summed E-state index contributed by atoms with van der Waals surface area (Å²) < 4.78 is 20.1. The minimum absolute atomic E-state index is 0.115. The summed E-state index contributed by atoms with van der Waals surface area (Å²) in [5.74, 6) is -1.33. The fourth-order valence-corrected chi connectivity index (χ4v) is 6.12. The van der Waals surface area contributed by atoms with Crippen molar-refractivity contribution in [2.75, 3.05) is 11.5 Å². The molecule has 0 radical (unpaired) electrons. The molecule has 2 heterocycles. The molecule has 0 aliphatic carbocycles. The van der Waals surface area contributed by atoms with E-state index in [-0.39, 0.29) is 16.3 Å². The highest BCUT2D eigenvalue weighted by atomic mass is 32.2. The lowest BCUT2D eigenvalue weighted by molar-refractivity contribution is -0.132. The fraction of sp³-hybridized carbons (Fsp3) is 0.200. The van der Waals surface area contributed by atoms with E-state index in [0.29, 0.717) is 28.0 Å². The van der Waals surface area contributed by atoms with Crippen LogP contribution in [0.1, 0.15) is 42.5 Å². The topological polar surface area (TPSA) is 92.6 Å². The van der Waals surface area contributed by atoms with E-state index in [0.717, 1.165) is 18.4 Å². The molecule has 1 amide bonds. The van der Waals surface area contributed by atoms with Crippen LogP contribution in [0.5, 0.6) is 5.75 Å². The van der Waals surface area contributed by atoms with E-state index in [2.05, 4.69) is 17.1 Å². The molecule has 1 aliphatic heterocycles. The first-order chi connectivity index (χ1) is 19.5. The van der Waals surface area contributed by atoms with Gasteiger partial charge in [-0.25, -0.2) is 4.39 Å². The highest BCUT2D eigenvalue weighted by Crippen LogP contribution is 2.44. The molecule has 0 saturated carbocycles. The van der Waals surface area contributed by atoms with Crippen LogP contribution in [0.4, 0.5) is 9.52 Å². The Morgan fingerprint density at radius 2 is 1.82 bits per heavy atom. The molecule has 40 heavy (non-hydrogen) atoms.